The van der Waals surface area contributed by atoms with Gasteiger partial charge in [-0.1, -0.05) is 54.1 Å². The molecule has 0 saturated carbocycles. The van der Waals surface area contributed by atoms with E-state index in [0.717, 1.165) is 12.0 Å². The van der Waals surface area contributed by atoms with Crippen molar-refractivity contribution in [2.75, 3.05) is 6.54 Å². The largest absolute Gasteiger partial charge is 0.481 e. The number of likely N-dealkylation sites (tertiary alicyclic amines) is 1. The molecule has 0 radical (unpaired) electrons. The Hall–Kier alpha value is -2.40. The maximum atomic E-state index is 12.1. The first-order valence-corrected chi connectivity index (χ1v) is 9.54. The van der Waals surface area contributed by atoms with Crippen molar-refractivity contribution in [1.82, 2.24) is 4.90 Å². The van der Waals surface area contributed by atoms with Crippen LogP contribution in [0.15, 0.2) is 48.6 Å². The molecule has 0 bridgehead atoms. The molecule has 27 heavy (non-hydrogen) atoms. The minimum absolute atomic E-state index is 0.00771. The maximum Gasteiger partial charge on any atom is 0.303 e. The summed E-state index contributed by atoms with van der Waals surface area (Å²) in [4.78, 5) is 24.4. The lowest BCUT2D eigenvalue weighted by Crippen LogP contribution is -2.32. The van der Waals surface area contributed by atoms with Crippen LogP contribution in [0.2, 0.25) is 0 Å². The number of carbonyl (C=O) groups is 2. The molecule has 2 atom stereocenters. The first-order valence-electron chi connectivity index (χ1n) is 9.54. The summed E-state index contributed by atoms with van der Waals surface area (Å²) in [6.45, 7) is 2.55. The van der Waals surface area contributed by atoms with E-state index in [1.54, 1.807) is 6.08 Å². The number of hydrogen-bond donors (Lipinski definition) is 2. The van der Waals surface area contributed by atoms with E-state index in [1.807, 2.05) is 48.3 Å². The molecule has 1 aromatic carbocycles. The Kier molecular flexibility index (Phi) is 8.27. The maximum absolute atomic E-state index is 12.1. The van der Waals surface area contributed by atoms with Crippen LogP contribution < -0.4 is 0 Å². The molecular weight excluding hydrogens is 342 g/mol. The second-order valence-corrected chi connectivity index (χ2v) is 7.05. The Morgan fingerprint density at radius 1 is 1.37 bits per heavy atom. The van der Waals surface area contributed by atoms with Gasteiger partial charge < -0.3 is 15.1 Å². The number of hydrogen-bond acceptors (Lipinski definition) is 3. The van der Waals surface area contributed by atoms with Gasteiger partial charge in [-0.25, -0.2) is 0 Å². The van der Waals surface area contributed by atoms with Gasteiger partial charge in [0.25, 0.3) is 0 Å². The van der Waals surface area contributed by atoms with E-state index < -0.39 is 12.1 Å². The van der Waals surface area contributed by atoms with Crippen molar-refractivity contribution < 1.29 is 19.8 Å². The van der Waals surface area contributed by atoms with Crippen molar-refractivity contribution in [3.8, 4) is 0 Å². The molecule has 5 heteroatoms. The summed E-state index contributed by atoms with van der Waals surface area (Å²) in [6, 6.07) is 8.10. The highest BCUT2D eigenvalue weighted by atomic mass is 16.4. The van der Waals surface area contributed by atoms with Crippen LogP contribution in [-0.4, -0.2) is 45.7 Å². The molecule has 0 aromatic heterocycles. The molecule has 2 N–H and O–H groups in total. The minimum atomic E-state index is -0.785. The zero-order valence-corrected chi connectivity index (χ0v) is 15.9. The van der Waals surface area contributed by atoms with Gasteiger partial charge in [0.2, 0.25) is 5.91 Å². The Balaban J connectivity index is 1.82. The van der Waals surface area contributed by atoms with Crippen LogP contribution in [0, 0.1) is 6.92 Å². The van der Waals surface area contributed by atoms with Crippen molar-refractivity contribution in [2.45, 2.75) is 57.6 Å². The topological polar surface area (TPSA) is 77.8 Å². The lowest BCUT2D eigenvalue weighted by atomic mass is 10.0. The molecule has 1 aliphatic heterocycles. The van der Waals surface area contributed by atoms with E-state index in [-0.39, 0.29) is 18.4 Å². The van der Waals surface area contributed by atoms with Crippen molar-refractivity contribution in [3.63, 3.8) is 0 Å². The summed E-state index contributed by atoms with van der Waals surface area (Å²) in [6.07, 6.45) is 10.3. The zero-order chi connectivity index (χ0) is 19.6. The summed E-state index contributed by atoms with van der Waals surface area (Å²) in [5.41, 5.74) is 2.27. The standard InChI is InChI=1S/C22H29NO4/c1-17-7-6-8-18(15-17)16-20(24)12-10-19-11-13-21(25)23(19)14-5-3-2-4-9-22(26)27/h3,5-8,10,12,15,19-20,24H,2,4,9,11,13-14,16H2,1H3,(H,26,27)/b5-3-,12-10+/t19-,20+/m0/s1. The normalized spacial score (nSPS) is 18.7. The van der Waals surface area contributed by atoms with Gasteiger partial charge in [-0.3, -0.25) is 9.59 Å². The monoisotopic (exact) mass is 371 g/mol. The van der Waals surface area contributed by atoms with Gasteiger partial charge in [0.15, 0.2) is 0 Å². The molecule has 1 fully saturated rings. The third-order valence-corrected chi connectivity index (χ3v) is 4.69. The highest BCUT2D eigenvalue weighted by Crippen LogP contribution is 2.20. The first kappa shape index (κ1) is 20.9. The number of carboxylic acids is 1. The molecule has 1 heterocycles. The number of unbranched alkanes of at least 4 members (excludes halogenated alkanes) is 1. The van der Waals surface area contributed by atoms with Gasteiger partial charge in [0.1, 0.15) is 0 Å². The van der Waals surface area contributed by atoms with Crippen molar-refractivity contribution in [3.05, 3.63) is 59.7 Å². The van der Waals surface area contributed by atoms with E-state index in [0.29, 0.717) is 32.2 Å². The third kappa shape index (κ3) is 7.39. The fraction of sp³-hybridized carbons (Fsp3) is 0.455. The van der Waals surface area contributed by atoms with Gasteiger partial charge in [-0.05, 0) is 31.7 Å². The molecular formula is C22H29NO4. The van der Waals surface area contributed by atoms with Gasteiger partial charge in [0, 0.05) is 25.8 Å². The number of allylic oxidation sites excluding steroid dienone is 1. The number of aliphatic hydroxyl groups excluding tert-OH is 1. The molecule has 0 unspecified atom stereocenters. The van der Waals surface area contributed by atoms with Gasteiger partial charge in [-0.15, -0.1) is 0 Å². The Morgan fingerprint density at radius 2 is 2.19 bits per heavy atom. The number of aliphatic carboxylic acids is 1. The van der Waals surface area contributed by atoms with E-state index >= 15 is 0 Å². The van der Waals surface area contributed by atoms with E-state index in [4.69, 9.17) is 5.11 Å². The molecule has 5 nitrogen and oxygen atoms in total. The fourth-order valence-corrected chi connectivity index (χ4v) is 3.28. The number of aryl methyl sites for hydroxylation is 1. The average Bonchev–Trinajstić information content (AvgIpc) is 2.96. The van der Waals surface area contributed by atoms with E-state index in [2.05, 4.69) is 6.07 Å². The van der Waals surface area contributed by atoms with Crippen LogP contribution in [0.1, 0.15) is 43.2 Å². The average molecular weight is 371 g/mol. The van der Waals surface area contributed by atoms with E-state index in [9.17, 15) is 14.7 Å². The highest BCUT2D eigenvalue weighted by Gasteiger charge is 2.28. The molecule has 1 aliphatic rings. The predicted octanol–water partition coefficient (Wildman–Crippen LogP) is 3.26. The Morgan fingerprint density at radius 3 is 2.93 bits per heavy atom. The molecule has 1 amide bonds. The summed E-state index contributed by atoms with van der Waals surface area (Å²) in [7, 11) is 0. The molecule has 1 saturated heterocycles. The van der Waals surface area contributed by atoms with Crippen LogP contribution in [0.3, 0.4) is 0 Å². The number of nitrogens with zero attached hydrogens (tertiary/aromatic N) is 1. The smallest absolute Gasteiger partial charge is 0.303 e. The SMILES string of the molecule is Cc1cccc(C[C@H](O)/C=C/[C@H]2CCC(=O)N2C/C=C\CCCC(=O)O)c1. The third-order valence-electron chi connectivity index (χ3n) is 4.69. The van der Waals surface area contributed by atoms with Crippen LogP contribution in [-0.2, 0) is 16.0 Å². The number of benzene rings is 1. The quantitative estimate of drug-likeness (QED) is 0.489. The molecule has 1 aromatic rings. The number of aliphatic hydroxyl groups is 1. The summed E-state index contributed by atoms with van der Waals surface area (Å²) >= 11 is 0. The summed E-state index contributed by atoms with van der Waals surface area (Å²) in [5.74, 6) is -0.666. The van der Waals surface area contributed by atoms with Crippen LogP contribution in [0.25, 0.3) is 0 Å². The summed E-state index contributed by atoms with van der Waals surface area (Å²) in [5, 5.41) is 18.9. The van der Waals surface area contributed by atoms with Crippen LogP contribution >= 0.6 is 0 Å². The van der Waals surface area contributed by atoms with Crippen molar-refractivity contribution in [1.29, 1.82) is 0 Å². The molecule has 0 aliphatic carbocycles. The minimum Gasteiger partial charge on any atom is -0.481 e. The second kappa shape index (κ2) is 10.7. The molecule has 2 rings (SSSR count). The number of carboxylic acid groups (broad SMARTS) is 1. The number of amides is 1. The Bertz CT molecular complexity index is 695. The highest BCUT2D eigenvalue weighted by molar-refractivity contribution is 5.79. The number of carbonyl (C=O) groups excluding carboxylic acids is 1. The molecule has 0 spiro atoms. The van der Waals surface area contributed by atoms with Gasteiger partial charge in [-0.2, -0.15) is 0 Å². The lowest BCUT2D eigenvalue weighted by Gasteiger charge is -2.21. The van der Waals surface area contributed by atoms with Gasteiger partial charge >= 0.3 is 5.97 Å². The molecule has 146 valence electrons. The van der Waals surface area contributed by atoms with Gasteiger partial charge in [0.05, 0.1) is 12.1 Å². The van der Waals surface area contributed by atoms with E-state index in [1.165, 1.54) is 5.56 Å². The fourth-order valence-electron chi connectivity index (χ4n) is 3.28. The lowest BCUT2D eigenvalue weighted by molar-refractivity contribution is -0.137. The van der Waals surface area contributed by atoms with Crippen molar-refractivity contribution in [2.24, 2.45) is 0 Å². The number of rotatable bonds is 10. The predicted molar refractivity (Wildman–Crippen MR) is 105 cm³/mol. The van der Waals surface area contributed by atoms with Crippen molar-refractivity contribution >= 4 is 11.9 Å². The Labute approximate surface area is 161 Å². The summed E-state index contributed by atoms with van der Waals surface area (Å²) < 4.78 is 0. The zero-order valence-electron chi connectivity index (χ0n) is 15.9. The first-order chi connectivity index (χ1) is 13.0. The van der Waals surface area contributed by atoms with Crippen LogP contribution in [0.4, 0.5) is 0 Å². The van der Waals surface area contributed by atoms with Crippen LogP contribution in [0.5, 0.6) is 0 Å². The second-order valence-electron chi connectivity index (χ2n) is 7.05.